The first-order chi connectivity index (χ1) is 5.34. The quantitative estimate of drug-likeness (QED) is 0.606. The lowest BCUT2D eigenvalue weighted by Gasteiger charge is -2.30. The molecule has 1 heterocycles. The normalized spacial score (nSPS) is 21.0. The van der Waals surface area contributed by atoms with E-state index in [1.165, 1.54) is 12.8 Å². The first-order valence-corrected chi connectivity index (χ1v) is 4.38. The van der Waals surface area contributed by atoms with Gasteiger partial charge in [0.2, 0.25) is 0 Å². The molecule has 0 aromatic carbocycles. The number of nitrogens with zero attached hydrogens (tertiary/aromatic N) is 2. The zero-order valence-electron chi connectivity index (χ0n) is 7.29. The second kappa shape index (κ2) is 4.70. The van der Waals surface area contributed by atoms with Gasteiger partial charge in [-0.25, -0.2) is 5.32 Å². The van der Waals surface area contributed by atoms with Crippen molar-refractivity contribution in [1.29, 1.82) is 0 Å². The van der Waals surface area contributed by atoms with Gasteiger partial charge >= 0.3 is 0 Å². The summed E-state index contributed by atoms with van der Waals surface area (Å²) in [6, 6.07) is 0.732. The largest absolute Gasteiger partial charge is 0.329 e. The van der Waals surface area contributed by atoms with Gasteiger partial charge in [0.1, 0.15) is 0 Å². The Morgan fingerprint density at radius 2 is 2.09 bits per heavy atom. The smallest absolute Gasteiger partial charge is 0.0148 e. The molecular formula is C8H18N3. The van der Waals surface area contributed by atoms with Crippen molar-refractivity contribution in [3.05, 3.63) is 0 Å². The molecule has 3 nitrogen and oxygen atoms in total. The topological polar surface area (TPSA) is 43.4 Å². The Hall–Kier alpha value is -0.120. The van der Waals surface area contributed by atoms with Crippen molar-refractivity contribution in [2.45, 2.75) is 18.9 Å². The van der Waals surface area contributed by atoms with E-state index in [0.717, 1.165) is 32.2 Å². The second-order valence-electron chi connectivity index (χ2n) is 3.17. The Bertz CT molecular complexity index is 99.5. The summed E-state index contributed by atoms with van der Waals surface area (Å²) in [5.41, 5.74) is 5.47. The lowest BCUT2D eigenvalue weighted by Crippen LogP contribution is -2.41. The van der Waals surface area contributed by atoms with Crippen LogP contribution in [0.5, 0.6) is 0 Å². The Kier molecular flexibility index (Phi) is 3.83. The van der Waals surface area contributed by atoms with Crippen molar-refractivity contribution in [3.8, 4) is 0 Å². The summed E-state index contributed by atoms with van der Waals surface area (Å²) >= 11 is 0. The molecule has 1 saturated heterocycles. The summed E-state index contributed by atoms with van der Waals surface area (Å²) in [6.07, 6.45) is 2.44. The van der Waals surface area contributed by atoms with E-state index in [1.807, 2.05) is 0 Å². The molecule has 0 amide bonds. The molecule has 1 aliphatic heterocycles. The first kappa shape index (κ1) is 8.97. The van der Waals surface area contributed by atoms with Gasteiger partial charge in [-0.05, 0) is 19.9 Å². The van der Waals surface area contributed by atoms with Crippen molar-refractivity contribution >= 4 is 0 Å². The maximum absolute atomic E-state index is 5.47. The monoisotopic (exact) mass is 156 g/mol. The number of rotatable bonds is 3. The summed E-state index contributed by atoms with van der Waals surface area (Å²) < 4.78 is 0. The summed E-state index contributed by atoms with van der Waals surface area (Å²) in [7, 11) is 2.16. The van der Waals surface area contributed by atoms with E-state index in [9.17, 15) is 0 Å². The van der Waals surface area contributed by atoms with E-state index in [2.05, 4.69) is 17.3 Å². The average molecular weight is 156 g/mol. The summed E-state index contributed by atoms with van der Waals surface area (Å²) in [4.78, 5) is 2.36. The van der Waals surface area contributed by atoms with E-state index < -0.39 is 0 Å². The van der Waals surface area contributed by atoms with Crippen molar-refractivity contribution < 1.29 is 0 Å². The Morgan fingerprint density at radius 1 is 1.45 bits per heavy atom. The van der Waals surface area contributed by atoms with Gasteiger partial charge in [-0.3, -0.25) is 0 Å². The second-order valence-corrected chi connectivity index (χ2v) is 3.17. The van der Waals surface area contributed by atoms with Crippen LogP contribution in [0.25, 0.3) is 0 Å². The van der Waals surface area contributed by atoms with Crippen LogP contribution in [0.3, 0.4) is 0 Å². The highest BCUT2D eigenvalue weighted by Crippen LogP contribution is 2.09. The van der Waals surface area contributed by atoms with Crippen LogP contribution in [-0.4, -0.2) is 44.2 Å². The number of hydrogen-bond donors (Lipinski definition) is 1. The van der Waals surface area contributed by atoms with Gasteiger partial charge in [-0.15, -0.1) is 0 Å². The van der Waals surface area contributed by atoms with E-state index in [-0.39, 0.29) is 0 Å². The molecule has 0 aliphatic carbocycles. The Labute approximate surface area is 68.9 Å². The highest BCUT2D eigenvalue weighted by atomic mass is 15.1. The van der Waals surface area contributed by atoms with Crippen LogP contribution in [-0.2, 0) is 0 Å². The summed E-state index contributed by atoms with van der Waals surface area (Å²) in [5, 5.41) is 4.31. The molecule has 1 rings (SSSR count). The summed E-state index contributed by atoms with van der Waals surface area (Å²) in [6.45, 7) is 3.87. The third kappa shape index (κ3) is 2.77. The molecule has 11 heavy (non-hydrogen) atoms. The van der Waals surface area contributed by atoms with Gasteiger partial charge in [0, 0.05) is 32.2 Å². The molecule has 1 aliphatic rings. The maximum Gasteiger partial charge on any atom is 0.0148 e. The molecule has 0 saturated carbocycles. The molecule has 0 unspecified atom stereocenters. The highest BCUT2D eigenvalue weighted by Gasteiger charge is 2.16. The lowest BCUT2D eigenvalue weighted by atomic mass is 10.1. The lowest BCUT2D eigenvalue weighted by molar-refractivity contribution is 0.202. The van der Waals surface area contributed by atoms with Crippen LogP contribution in [0, 0.1) is 0 Å². The number of likely N-dealkylation sites (N-methyl/N-ethyl adjacent to an activating group) is 1. The van der Waals surface area contributed by atoms with Crippen molar-refractivity contribution in [3.63, 3.8) is 0 Å². The van der Waals surface area contributed by atoms with E-state index in [0.29, 0.717) is 0 Å². The standard InChI is InChI=1S/C8H18N3/c1-11(7-4-9)8-2-5-10-6-3-8/h8H,2-7,9H2,1H3. The van der Waals surface area contributed by atoms with Crippen molar-refractivity contribution in [1.82, 2.24) is 10.2 Å². The number of hydrogen-bond acceptors (Lipinski definition) is 2. The molecule has 0 aromatic heterocycles. The molecule has 65 valence electrons. The van der Waals surface area contributed by atoms with Gasteiger partial charge in [-0.1, -0.05) is 0 Å². The van der Waals surface area contributed by atoms with Crippen molar-refractivity contribution in [2.24, 2.45) is 5.73 Å². The molecule has 2 N–H and O–H groups in total. The Balaban J connectivity index is 2.21. The molecular weight excluding hydrogens is 138 g/mol. The fourth-order valence-electron chi connectivity index (χ4n) is 1.56. The summed E-state index contributed by atoms with van der Waals surface area (Å²) in [5.74, 6) is 0. The van der Waals surface area contributed by atoms with E-state index in [4.69, 9.17) is 5.73 Å². The van der Waals surface area contributed by atoms with Crippen LogP contribution < -0.4 is 11.1 Å². The SMILES string of the molecule is CN(CCN)C1CC[N]CC1. The van der Waals surface area contributed by atoms with Gasteiger partial charge in [-0.2, -0.15) is 0 Å². The van der Waals surface area contributed by atoms with Gasteiger partial charge < -0.3 is 10.6 Å². The number of piperidine rings is 1. The van der Waals surface area contributed by atoms with Crippen LogP contribution in [0.1, 0.15) is 12.8 Å². The zero-order valence-corrected chi connectivity index (χ0v) is 7.29. The van der Waals surface area contributed by atoms with Crippen LogP contribution >= 0.6 is 0 Å². The van der Waals surface area contributed by atoms with Crippen molar-refractivity contribution in [2.75, 3.05) is 33.2 Å². The minimum atomic E-state index is 0.732. The third-order valence-corrected chi connectivity index (χ3v) is 2.35. The zero-order chi connectivity index (χ0) is 8.10. The molecule has 0 bridgehead atoms. The third-order valence-electron chi connectivity index (χ3n) is 2.35. The van der Waals surface area contributed by atoms with E-state index in [1.54, 1.807) is 0 Å². The predicted octanol–water partition coefficient (Wildman–Crippen LogP) is -0.356. The average Bonchev–Trinajstić information content (AvgIpc) is 2.07. The molecule has 3 heteroatoms. The maximum atomic E-state index is 5.47. The van der Waals surface area contributed by atoms with Crippen LogP contribution in [0.4, 0.5) is 0 Å². The molecule has 0 aromatic rings. The predicted molar refractivity (Wildman–Crippen MR) is 46.6 cm³/mol. The molecule has 1 fully saturated rings. The Morgan fingerprint density at radius 3 is 2.64 bits per heavy atom. The molecule has 0 spiro atoms. The minimum absolute atomic E-state index is 0.732. The van der Waals surface area contributed by atoms with E-state index >= 15 is 0 Å². The number of nitrogens with two attached hydrogens (primary N) is 1. The molecule has 0 atom stereocenters. The van der Waals surface area contributed by atoms with Gasteiger partial charge in [0.15, 0.2) is 0 Å². The first-order valence-electron chi connectivity index (χ1n) is 4.38. The fourth-order valence-corrected chi connectivity index (χ4v) is 1.56. The van der Waals surface area contributed by atoms with Crippen LogP contribution in [0.15, 0.2) is 0 Å². The highest BCUT2D eigenvalue weighted by molar-refractivity contribution is 4.75. The van der Waals surface area contributed by atoms with Gasteiger partial charge in [0.05, 0.1) is 0 Å². The fraction of sp³-hybridized carbons (Fsp3) is 1.00. The van der Waals surface area contributed by atoms with Crippen LogP contribution in [0.2, 0.25) is 0 Å². The van der Waals surface area contributed by atoms with Gasteiger partial charge in [0.25, 0.3) is 0 Å². The minimum Gasteiger partial charge on any atom is -0.329 e. The molecule has 1 radical (unpaired) electrons.